The highest BCUT2D eigenvalue weighted by Crippen LogP contribution is 2.00. The molecule has 0 unspecified atom stereocenters. The van der Waals surface area contributed by atoms with Gasteiger partial charge in [-0.25, -0.2) is 0 Å². The number of hydrogen-bond donors (Lipinski definition) is 0. The van der Waals surface area contributed by atoms with Crippen molar-refractivity contribution in [3.8, 4) is 0 Å². The van der Waals surface area contributed by atoms with Crippen molar-refractivity contribution in [3.05, 3.63) is 0 Å². The molecule has 0 saturated heterocycles. The van der Waals surface area contributed by atoms with Crippen LogP contribution in [0.4, 0.5) is 0 Å². The second-order valence-corrected chi connectivity index (χ2v) is 3.65. The summed E-state index contributed by atoms with van der Waals surface area (Å²) in [5, 5.41) is 0. The average molecular weight is 230 g/mol. The summed E-state index contributed by atoms with van der Waals surface area (Å²) in [5.41, 5.74) is 0. The van der Waals surface area contributed by atoms with Crippen LogP contribution >= 0.6 is 0 Å². The van der Waals surface area contributed by atoms with Crippen molar-refractivity contribution in [3.63, 3.8) is 0 Å². The van der Waals surface area contributed by atoms with E-state index in [1.807, 2.05) is 6.92 Å². The molecule has 0 aromatic rings. The fourth-order valence-corrected chi connectivity index (χ4v) is 1.18. The minimum Gasteiger partial charge on any atom is -0.462 e. The predicted molar refractivity (Wildman–Crippen MR) is 61.0 cm³/mol. The SMILES string of the molecule is CCCCCC(=O)OCCOC(=O)CCC. The molecule has 0 saturated carbocycles. The molecule has 0 bridgehead atoms. The highest BCUT2D eigenvalue weighted by molar-refractivity contribution is 5.70. The summed E-state index contributed by atoms with van der Waals surface area (Å²) in [6.45, 7) is 4.33. The van der Waals surface area contributed by atoms with Crippen LogP contribution in [0.25, 0.3) is 0 Å². The van der Waals surface area contributed by atoms with Crippen molar-refractivity contribution < 1.29 is 19.1 Å². The molecular formula is C12H22O4. The number of ether oxygens (including phenoxy) is 2. The molecule has 0 aliphatic rings. The van der Waals surface area contributed by atoms with Gasteiger partial charge in [-0.2, -0.15) is 0 Å². The fraction of sp³-hybridized carbons (Fsp3) is 0.833. The lowest BCUT2D eigenvalue weighted by atomic mass is 10.2. The van der Waals surface area contributed by atoms with Crippen LogP contribution < -0.4 is 0 Å². The Labute approximate surface area is 97.3 Å². The van der Waals surface area contributed by atoms with E-state index in [0.717, 1.165) is 25.7 Å². The van der Waals surface area contributed by atoms with Gasteiger partial charge in [-0.1, -0.05) is 26.7 Å². The van der Waals surface area contributed by atoms with Crippen LogP contribution in [-0.4, -0.2) is 25.2 Å². The molecule has 4 nitrogen and oxygen atoms in total. The van der Waals surface area contributed by atoms with Gasteiger partial charge < -0.3 is 9.47 Å². The molecule has 0 aromatic carbocycles. The maximum absolute atomic E-state index is 11.1. The normalized spacial score (nSPS) is 9.88. The Morgan fingerprint density at radius 3 is 1.88 bits per heavy atom. The van der Waals surface area contributed by atoms with Crippen LogP contribution in [0.2, 0.25) is 0 Å². The summed E-state index contributed by atoms with van der Waals surface area (Å²) in [6.07, 6.45) is 4.64. The van der Waals surface area contributed by atoms with Crippen molar-refractivity contribution in [2.75, 3.05) is 13.2 Å². The van der Waals surface area contributed by atoms with E-state index >= 15 is 0 Å². The van der Waals surface area contributed by atoms with E-state index in [4.69, 9.17) is 9.47 Å². The Kier molecular flexibility index (Phi) is 9.76. The third-order valence-corrected chi connectivity index (χ3v) is 2.05. The van der Waals surface area contributed by atoms with Crippen LogP contribution in [0.5, 0.6) is 0 Å². The van der Waals surface area contributed by atoms with E-state index in [-0.39, 0.29) is 25.2 Å². The molecule has 4 heteroatoms. The molecule has 0 aliphatic heterocycles. The first-order chi connectivity index (χ1) is 7.70. The zero-order chi connectivity index (χ0) is 12.2. The van der Waals surface area contributed by atoms with E-state index in [2.05, 4.69) is 6.92 Å². The van der Waals surface area contributed by atoms with E-state index in [9.17, 15) is 9.59 Å². The van der Waals surface area contributed by atoms with Gasteiger partial charge in [0.1, 0.15) is 13.2 Å². The number of esters is 2. The minimum absolute atomic E-state index is 0.165. The van der Waals surface area contributed by atoms with Crippen LogP contribution in [0, 0.1) is 0 Å². The van der Waals surface area contributed by atoms with Crippen molar-refractivity contribution in [1.82, 2.24) is 0 Å². The maximum atomic E-state index is 11.1. The molecule has 0 amide bonds. The molecule has 0 heterocycles. The van der Waals surface area contributed by atoms with Crippen molar-refractivity contribution in [1.29, 1.82) is 0 Å². The van der Waals surface area contributed by atoms with Crippen molar-refractivity contribution in [2.45, 2.75) is 52.4 Å². The van der Waals surface area contributed by atoms with E-state index in [1.54, 1.807) is 0 Å². The van der Waals surface area contributed by atoms with Crippen molar-refractivity contribution >= 4 is 11.9 Å². The van der Waals surface area contributed by atoms with Gasteiger partial charge in [0.15, 0.2) is 0 Å². The second-order valence-electron chi connectivity index (χ2n) is 3.65. The monoisotopic (exact) mass is 230 g/mol. The van der Waals surface area contributed by atoms with Gasteiger partial charge in [0.05, 0.1) is 0 Å². The smallest absolute Gasteiger partial charge is 0.305 e. The molecule has 0 radical (unpaired) electrons. The molecule has 0 fully saturated rings. The summed E-state index contributed by atoms with van der Waals surface area (Å²) in [4.78, 5) is 22.1. The number of hydrogen-bond acceptors (Lipinski definition) is 4. The quantitative estimate of drug-likeness (QED) is 0.451. The number of unbranched alkanes of at least 4 members (excludes halogenated alkanes) is 2. The Morgan fingerprint density at radius 2 is 1.38 bits per heavy atom. The zero-order valence-corrected chi connectivity index (χ0v) is 10.3. The van der Waals surface area contributed by atoms with Crippen LogP contribution in [-0.2, 0) is 19.1 Å². The van der Waals surface area contributed by atoms with Gasteiger partial charge in [0, 0.05) is 12.8 Å². The third kappa shape index (κ3) is 9.49. The minimum atomic E-state index is -0.232. The van der Waals surface area contributed by atoms with E-state index in [1.165, 1.54) is 0 Å². The molecular weight excluding hydrogens is 208 g/mol. The molecule has 0 rings (SSSR count). The maximum Gasteiger partial charge on any atom is 0.305 e. The third-order valence-electron chi connectivity index (χ3n) is 2.05. The number of carbonyl (C=O) groups excluding carboxylic acids is 2. The zero-order valence-electron chi connectivity index (χ0n) is 10.3. The summed E-state index contributed by atoms with van der Waals surface area (Å²) in [7, 11) is 0. The van der Waals surface area contributed by atoms with Gasteiger partial charge >= 0.3 is 11.9 Å². The average Bonchev–Trinajstić information content (AvgIpc) is 2.25. The first-order valence-corrected chi connectivity index (χ1v) is 6.02. The predicted octanol–water partition coefficient (Wildman–Crippen LogP) is 2.45. The van der Waals surface area contributed by atoms with E-state index < -0.39 is 0 Å². The van der Waals surface area contributed by atoms with Gasteiger partial charge in [-0.15, -0.1) is 0 Å². The molecule has 16 heavy (non-hydrogen) atoms. The Morgan fingerprint density at radius 1 is 0.812 bits per heavy atom. The first-order valence-electron chi connectivity index (χ1n) is 6.02. The number of rotatable bonds is 9. The summed E-state index contributed by atoms with van der Waals surface area (Å²) in [5.74, 6) is -0.440. The first kappa shape index (κ1) is 14.9. The van der Waals surface area contributed by atoms with E-state index in [0.29, 0.717) is 12.8 Å². The van der Waals surface area contributed by atoms with Crippen LogP contribution in [0.1, 0.15) is 52.4 Å². The number of carbonyl (C=O) groups is 2. The molecule has 0 aromatic heterocycles. The van der Waals surface area contributed by atoms with Gasteiger partial charge in [0.2, 0.25) is 0 Å². The molecule has 0 aliphatic carbocycles. The highest BCUT2D eigenvalue weighted by Gasteiger charge is 2.03. The fourth-order valence-electron chi connectivity index (χ4n) is 1.18. The topological polar surface area (TPSA) is 52.6 Å². The van der Waals surface area contributed by atoms with Gasteiger partial charge in [-0.3, -0.25) is 9.59 Å². The Hall–Kier alpha value is -1.06. The van der Waals surface area contributed by atoms with Crippen molar-refractivity contribution in [2.24, 2.45) is 0 Å². The Bertz CT molecular complexity index is 201. The molecule has 94 valence electrons. The molecule has 0 N–H and O–H groups in total. The second kappa shape index (κ2) is 10.5. The largest absolute Gasteiger partial charge is 0.462 e. The van der Waals surface area contributed by atoms with Gasteiger partial charge in [-0.05, 0) is 12.8 Å². The Balaban J connectivity index is 3.30. The molecule has 0 spiro atoms. The lowest BCUT2D eigenvalue weighted by Crippen LogP contribution is -2.13. The summed E-state index contributed by atoms with van der Waals surface area (Å²) in [6, 6.07) is 0. The highest BCUT2D eigenvalue weighted by atomic mass is 16.6. The van der Waals surface area contributed by atoms with Crippen LogP contribution in [0.3, 0.4) is 0 Å². The lowest BCUT2D eigenvalue weighted by Gasteiger charge is -2.05. The summed E-state index contributed by atoms with van der Waals surface area (Å²) >= 11 is 0. The standard InChI is InChI=1S/C12H22O4/c1-3-5-6-8-12(14)16-10-9-15-11(13)7-4-2/h3-10H2,1-2H3. The molecule has 0 atom stereocenters. The van der Waals surface area contributed by atoms with Gasteiger partial charge in [0.25, 0.3) is 0 Å². The summed E-state index contributed by atoms with van der Waals surface area (Å²) < 4.78 is 9.74. The lowest BCUT2D eigenvalue weighted by molar-refractivity contribution is -0.152. The van der Waals surface area contributed by atoms with Crippen LogP contribution in [0.15, 0.2) is 0 Å².